The fourth-order valence-electron chi connectivity index (χ4n) is 2.10. The maximum atomic E-state index is 9.32. The van der Waals surface area contributed by atoms with Crippen molar-refractivity contribution < 1.29 is 5.11 Å². The van der Waals surface area contributed by atoms with Gasteiger partial charge in [-0.25, -0.2) is 0 Å². The summed E-state index contributed by atoms with van der Waals surface area (Å²) < 4.78 is 0. The lowest BCUT2D eigenvalue weighted by atomic mass is 10.2. The molecule has 0 saturated carbocycles. The molecule has 0 spiro atoms. The zero-order valence-corrected chi connectivity index (χ0v) is 10.3. The van der Waals surface area contributed by atoms with Crippen LogP contribution in [0.3, 0.4) is 0 Å². The number of para-hydroxylation sites is 1. The maximum Gasteiger partial charge on any atom is 0.115 e. The lowest BCUT2D eigenvalue weighted by molar-refractivity contribution is 0.475. The molecule has 1 heterocycles. The summed E-state index contributed by atoms with van der Waals surface area (Å²) in [5.74, 6) is 0.317. The van der Waals surface area contributed by atoms with Gasteiger partial charge in [-0.1, -0.05) is 36.0 Å². The van der Waals surface area contributed by atoms with Gasteiger partial charge >= 0.3 is 0 Å². The zero-order chi connectivity index (χ0) is 11.8. The van der Waals surface area contributed by atoms with E-state index in [0.29, 0.717) is 11.1 Å². The van der Waals surface area contributed by atoms with Gasteiger partial charge in [-0.05, 0) is 29.8 Å². The highest BCUT2D eigenvalue weighted by atomic mass is 32.2. The van der Waals surface area contributed by atoms with Crippen molar-refractivity contribution in [2.24, 2.45) is 0 Å². The van der Waals surface area contributed by atoms with Crippen LogP contribution in [-0.4, -0.2) is 12.2 Å². The van der Waals surface area contributed by atoms with Crippen LogP contribution in [0.5, 0.6) is 5.75 Å². The van der Waals surface area contributed by atoms with Gasteiger partial charge in [0, 0.05) is 11.9 Å². The SMILES string of the molecule is CN1c2ccccc2SC1c1ccc(O)cc1. The Balaban J connectivity index is 1.96. The van der Waals surface area contributed by atoms with E-state index in [1.54, 1.807) is 12.1 Å². The van der Waals surface area contributed by atoms with Gasteiger partial charge in [0.25, 0.3) is 0 Å². The van der Waals surface area contributed by atoms with Gasteiger partial charge in [0.2, 0.25) is 0 Å². The Labute approximate surface area is 105 Å². The molecule has 0 fully saturated rings. The van der Waals surface area contributed by atoms with E-state index in [4.69, 9.17) is 0 Å². The van der Waals surface area contributed by atoms with Crippen molar-refractivity contribution in [1.29, 1.82) is 0 Å². The molecule has 0 bridgehead atoms. The van der Waals surface area contributed by atoms with Crippen LogP contribution < -0.4 is 4.90 Å². The van der Waals surface area contributed by atoms with Crippen LogP contribution in [-0.2, 0) is 0 Å². The van der Waals surface area contributed by atoms with Gasteiger partial charge in [-0.15, -0.1) is 0 Å². The van der Waals surface area contributed by atoms with E-state index in [0.717, 1.165) is 0 Å². The first-order valence-corrected chi connectivity index (χ1v) is 6.41. The molecule has 0 saturated heterocycles. The summed E-state index contributed by atoms with van der Waals surface area (Å²) in [6.07, 6.45) is 0. The maximum absolute atomic E-state index is 9.32. The van der Waals surface area contributed by atoms with Crippen LogP contribution in [0.4, 0.5) is 5.69 Å². The van der Waals surface area contributed by atoms with E-state index in [-0.39, 0.29) is 0 Å². The van der Waals surface area contributed by atoms with Crippen LogP contribution in [0.15, 0.2) is 53.4 Å². The van der Waals surface area contributed by atoms with Crippen LogP contribution in [0.1, 0.15) is 10.9 Å². The van der Waals surface area contributed by atoms with Crippen molar-refractivity contribution in [3.8, 4) is 5.75 Å². The van der Waals surface area contributed by atoms with Crippen LogP contribution >= 0.6 is 11.8 Å². The highest BCUT2D eigenvalue weighted by Gasteiger charge is 2.27. The Morgan fingerprint density at radius 1 is 1.06 bits per heavy atom. The zero-order valence-electron chi connectivity index (χ0n) is 9.50. The fourth-order valence-corrected chi connectivity index (χ4v) is 3.40. The highest BCUT2D eigenvalue weighted by molar-refractivity contribution is 8.00. The van der Waals surface area contributed by atoms with Crippen LogP contribution in [0.25, 0.3) is 0 Å². The summed E-state index contributed by atoms with van der Waals surface area (Å²) in [5, 5.41) is 9.62. The monoisotopic (exact) mass is 243 g/mol. The van der Waals surface area contributed by atoms with Gasteiger partial charge in [0.1, 0.15) is 11.1 Å². The average Bonchev–Trinajstić information content (AvgIpc) is 2.69. The minimum atomic E-state index is 0.299. The number of nitrogens with zero attached hydrogens (tertiary/aromatic N) is 1. The molecule has 0 radical (unpaired) electrons. The van der Waals surface area contributed by atoms with Crippen molar-refractivity contribution in [2.45, 2.75) is 10.3 Å². The number of rotatable bonds is 1. The molecule has 2 aromatic rings. The van der Waals surface area contributed by atoms with Gasteiger partial charge in [0.15, 0.2) is 0 Å². The van der Waals surface area contributed by atoms with E-state index in [2.05, 4.69) is 36.2 Å². The predicted octanol–water partition coefficient (Wildman–Crippen LogP) is 3.63. The smallest absolute Gasteiger partial charge is 0.115 e. The number of benzene rings is 2. The molecule has 2 aromatic carbocycles. The van der Waals surface area contributed by atoms with Crippen molar-refractivity contribution in [1.82, 2.24) is 0 Å². The molecule has 1 atom stereocenters. The molecule has 1 N–H and O–H groups in total. The normalized spacial score (nSPS) is 18.2. The first kappa shape index (κ1) is 10.5. The second-order valence-corrected chi connectivity index (χ2v) is 5.26. The first-order valence-electron chi connectivity index (χ1n) is 5.53. The standard InChI is InChI=1S/C14H13NOS/c1-15-12-4-2-3-5-13(12)17-14(15)10-6-8-11(16)9-7-10/h2-9,14,16H,1H3. The number of anilines is 1. The number of phenols is 1. The summed E-state index contributed by atoms with van der Waals surface area (Å²) >= 11 is 1.85. The van der Waals surface area contributed by atoms with Gasteiger partial charge in [0.05, 0.1) is 5.69 Å². The summed E-state index contributed by atoms with van der Waals surface area (Å²) in [4.78, 5) is 3.58. The summed E-state index contributed by atoms with van der Waals surface area (Å²) in [6.45, 7) is 0. The van der Waals surface area contributed by atoms with Crippen LogP contribution in [0.2, 0.25) is 0 Å². The average molecular weight is 243 g/mol. The molecule has 0 aromatic heterocycles. The van der Waals surface area contributed by atoms with Crippen molar-refractivity contribution in [3.05, 3.63) is 54.1 Å². The van der Waals surface area contributed by atoms with E-state index in [1.165, 1.54) is 16.1 Å². The fraction of sp³-hybridized carbons (Fsp3) is 0.143. The molecular weight excluding hydrogens is 230 g/mol. The Kier molecular flexibility index (Phi) is 2.48. The van der Waals surface area contributed by atoms with Gasteiger partial charge in [-0.3, -0.25) is 0 Å². The largest absolute Gasteiger partial charge is 0.508 e. The van der Waals surface area contributed by atoms with Crippen molar-refractivity contribution in [3.63, 3.8) is 0 Å². The molecule has 17 heavy (non-hydrogen) atoms. The summed E-state index contributed by atoms with van der Waals surface area (Å²) in [6, 6.07) is 15.9. The van der Waals surface area contributed by atoms with Gasteiger partial charge in [-0.2, -0.15) is 0 Å². The first-order chi connectivity index (χ1) is 8.25. The molecule has 0 aliphatic carbocycles. The molecule has 3 heteroatoms. The third-order valence-corrected chi connectivity index (χ3v) is 4.42. The lowest BCUT2D eigenvalue weighted by Crippen LogP contribution is -2.16. The third kappa shape index (κ3) is 1.76. The molecule has 2 nitrogen and oxygen atoms in total. The molecule has 3 rings (SSSR count). The quantitative estimate of drug-likeness (QED) is 0.827. The molecule has 1 aliphatic rings. The van der Waals surface area contributed by atoms with E-state index in [1.807, 2.05) is 23.9 Å². The van der Waals surface area contributed by atoms with E-state index >= 15 is 0 Å². The molecular formula is C14H13NOS. The number of hydrogen-bond acceptors (Lipinski definition) is 3. The Morgan fingerprint density at radius 2 is 1.76 bits per heavy atom. The van der Waals surface area contributed by atoms with Crippen molar-refractivity contribution in [2.75, 3.05) is 11.9 Å². The molecule has 86 valence electrons. The Hall–Kier alpha value is -1.61. The third-order valence-electron chi connectivity index (χ3n) is 3.01. The summed E-state index contributed by atoms with van der Waals surface area (Å²) in [7, 11) is 2.11. The van der Waals surface area contributed by atoms with Gasteiger partial charge < -0.3 is 10.0 Å². The highest BCUT2D eigenvalue weighted by Crippen LogP contribution is 2.50. The van der Waals surface area contributed by atoms with E-state index in [9.17, 15) is 5.11 Å². The number of aromatic hydroxyl groups is 1. The second kappa shape index (κ2) is 4.00. The Morgan fingerprint density at radius 3 is 2.47 bits per heavy atom. The number of thioether (sulfide) groups is 1. The summed E-state index contributed by atoms with van der Waals surface area (Å²) in [5.41, 5.74) is 2.49. The minimum absolute atomic E-state index is 0.299. The number of phenolic OH excluding ortho intramolecular Hbond substituents is 1. The molecule has 1 aliphatic heterocycles. The second-order valence-electron chi connectivity index (χ2n) is 4.14. The van der Waals surface area contributed by atoms with Crippen molar-refractivity contribution >= 4 is 17.4 Å². The van der Waals surface area contributed by atoms with E-state index < -0.39 is 0 Å². The lowest BCUT2D eigenvalue weighted by Gasteiger charge is -2.21. The minimum Gasteiger partial charge on any atom is -0.508 e. The topological polar surface area (TPSA) is 23.5 Å². The number of hydrogen-bond donors (Lipinski definition) is 1. The molecule has 1 unspecified atom stereocenters. The van der Waals surface area contributed by atoms with Crippen LogP contribution in [0, 0.1) is 0 Å². The number of fused-ring (bicyclic) bond motifs is 1. The predicted molar refractivity (Wildman–Crippen MR) is 71.5 cm³/mol. The molecule has 0 amide bonds. The Bertz CT molecular complexity index is 538.